The van der Waals surface area contributed by atoms with Crippen LogP contribution >= 0.6 is 11.6 Å². The van der Waals surface area contributed by atoms with E-state index in [0.717, 1.165) is 12.4 Å². The van der Waals surface area contributed by atoms with E-state index in [1.165, 1.54) is 16.4 Å². The number of piperazine rings is 1. The van der Waals surface area contributed by atoms with Gasteiger partial charge in [-0.25, -0.2) is 9.97 Å². The van der Waals surface area contributed by atoms with Crippen molar-refractivity contribution in [2.45, 2.75) is 39.2 Å². The molecule has 1 fully saturated rings. The van der Waals surface area contributed by atoms with Gasteiger partial charge in [-0.3, -0.25) is 14.4 Å². The van der Waals surface area contributed by atoms with E-state index in [1.54, 1.807) is 11.8 Å². The van der Waals surface area contributed by atoms with Crippen LogP contribution in [0.15, 0.2) is 35.9 Å². The summed E-state index contributed by atoms with van der Waals surface area (Å²) < 4.78 is 81.8. The first-order valence-corrected chi connectivity index (χ1v) is 14.8. The Balaban J connectivity index is 1.52. The van der Waals surface area contributed by atoms with Gasteiger partial charge >= 0.3 is 12.4 Å². The molecule has 2 N–H and O–H groups in total. The number of hydrogen-bond donors (Lipinski definition) is 2. The SMILES string of the molecule is C=C(c1nc2n(CC(=O)Nc3ccc(C(F)(F)F)cc3Cl)c(CC)c(N3CCN(C(=O)c4ncnc(C)c4O)CC3)c(=O)n2n1)C(F)(F)F. The number of carbonyl (C=O) groups is 2. The third kappa shape index (κ3) is 6.87. The van der Waals surface area contributed by atoms with Crippen molar-refractivity contribution in [3.63, 3.8) is 0 Å². The number of aryl methyl sites for hydroxylation is 1. The number of carbonyl (C=O) groups excluding carboxylic acids is 2. The first-order chi connectivity index (χ1) is 22.9. The highest BCUT2D eigenvalue weighted by molar-refractivity contribution is 6.33. The van der Waals surface area contributed by atoms with Gasteiger partial charge in [0.1, 0.15) is 18.6 Å². The van der Waals surface area contributed by atoms with Gasteiger partial charge < -0.3 is 24.8 Å². The maximum Gasteiger partial charge on any atom is 0.419 e. The molecule has 0 unspecified atom stereocenters. The summed E-state index contributed by atoms with van der Waals surface area (Å²) in [4.78, 5) is 54.8. The smallest absolute Gasteiger partial charge is 0.419 e. The third-order valence-corrected chi connectivity index (χ3v) is 8.05. The lowest BCUT2D eigenvalue weighted by Crippen LogP contribution is -2.51. The minimum absolute atomic E-state index is 0.0303. The van der Waals surface area contributed by atoms with Crippen molar-refractivity contribution in [2.24, 2.45) is 0 Å². The first-order valence-electron chi connectivity index (χ1n) is 14.4. The number of aromatic nitrogens is 6. The lowest BCUT2D eigenvalue weighted by Gasteiger charge is -2.36. The molecule has 20 heteroatoms. The number of hydrogen-bond acceptors (Lipinski definition) is 9. The van der Waals surface area contributed by atoms with Crippen LogP contribution in [0.2, 0.25) is 5.02 Å². The van der Waals surface area contributed by atoms with Gasteiger partial charge in [0, 0.05) is 26.2 Å². The summed E-state index contributed by atoms with van der Waals surface area (Å²) >= 11 is 5.99. The minimum atomic E-state index is -4.95. The van der Waals surface area contributed by atoms with Crippen LogP contribution in [-0.2, 0) is 23.9 Å². The van der Waals surface area contributed by atoms with Crippen LogP contribution in [0.4, 0.5) is 37.7 Å². The largest absolute Gasteiger partial charge is 0.504 e. The van der Waals surface area contributed by atoms with Gasteiger partial charge in [-0.15, -0.1) is 5.10 Å². The van der Waals surface area contributed by atoms with Crippen LogP contribution in [0.25, 0.3) is 11.4 Å². The van der Waals surface area contributed by atoms with Crippen LogP contribution in [-0.4, -0.2) is 83.3 Å². The Morgan fingerprint density at radius 3 is 2.35 bits per heavy atom. The zero-order valence-electron chi connectivity index (χ0n) is 25.7. The maximum absolute atomic E-state index is 13.9. The lowest BCUT2D eigenvalue weighted by molar-refractivity contribution is -0.137. The van der Waals surface area contributed by atoms with Crippen molar-refractivity contribution in [2.75, 3.05) is 36.4 Å². The standard InChI is InChI=1S/C29H26ClF6N9O4/c1-4-19-22(42-7-9-43(10-8-42)25(48)21-23(47)15(3)37-13-38-21)26(49)45-27(40-24(41-45)14(2)28(31,32)33)44(19)12-20(46)39-18-6-5-16(11-17(18)30)29(34,35)36/h5-6,11,13,47H,2,4,7-10,12H2,1,3H3,(H,39,46). The number of nitrogens with one attached hydrogen (secondary N) is 1. The summed E-state index contributed by atoms with van der Waals surface area (Å²) in [5.41, 5.74) is -3.40. The summed E-state index contributed by atoms with van der Waals surface area (Å²) in [6.07, 6.45) is -8.46. The molecule has 260 valence electrons. The molecule has 1 aliphatic rings. The van der Waals surface area contributed by atoms with Gasteiger partial charge in [0.25, 0.3) is 11.5 Å². The Hall–Kier alpha value is -5.20. The van der Waals surface area contributed by atoms with E-state index in [1.807, 2.05) is 0 Å². The Kier molecular flexibility index (Phi) is 9.33. The molecular formula is C29H26ClF6N9O4. The number of anilines is 2. The van der Waals surface area contributed by atoms with Crippen LogP contribution < -0.4 is 15.8 Å². The molecule has 0 saturated carbocycles. The quantitative estimate of drug-likeness (QED) is 0.270. The highest BCUT2D eigenvalue weighted by Gasteiger charge is 2.37. The fourth-order valence-electron chi connectivity index (χ4n) is 5.22. The third-order valence-electron chi connectivity index (χ3n) is 7.74. The van der Waals surface area contributed by atoms with Gasteiger partial charge in [0.2, 0.25) is 11.7 Å². The van der Waals surface area contributed by atoms with Gasteiger partial charge in [0.15, 0.2) is 17.3 Å². The number of amides is 2. The summed E-state index contributed by atoms with van der Waals surface area (Å²) in [6, 6.07) is 2.28. The molecule has 0 aliphatic carbocycles. The molecule has 4 aromatic rings. The predicted molar refractivity (Wildman–Crippen MR) is 163 cm³/mol. The molecule has 0 spiro atoms. The summed E-state index contributed by atoms with van der Waals surface area (Å²) in [7, 11) is 0. The first kappa shape index (κ1) is 35.1. The van der Waals surface area contributed by atoms with Crippen molar-refractivity contribution in [3.05, 3.63) is 75.0 Å². The fourth-order valence-corrected chi connectivity index (χ4v) is 5.44. The number of aromatic hydroxyl groups is 1. The van der Waals surface area contributed by atoms with Crippen molar-refractivity contribution >= 4 is 46.1 Å². The number of allylic oxidation sites excluding steroid dienone is 1. The molecular weight excluding hydrogens is 688 g/mol. The number of fused-ring (bicyclic) bond motifs is 1. The lowest BCUT2D eigenvalue weighted by atomic mass is 10.2. The molecule has 0 radical (unpaired) electrons. The molecule has 5 rings (SSSR count). The fraction of sp³-hybridized carbons (Fsp3) is 0.345. The molecule has 13 nitrogen and oxygen atoms in total. The zero-order chi connectivity index (χ0) is 36.0. The summed E-state index contributed by atoms with van der Waals surface area (Å²) in [5, 5.41) is 16.0. The van der Waals surface area contributed by atoms with Crippen LogP contribution in [0.5, 0.6) is 5.75 Å². The average Bonchev–Trinajstić information content (AvgIpc) is 3.49. The molecule has 0 bridgehead atoms. The second-order valence-corrected chi connectivity index (χ2v) is 11.2. The van der Waals surface area contributed by atoms with Gasteiger partial charge in [0.05, 0.1) is 33.2 Å². The molecule has 4 heterocycles. The number of benzene rings is 1. The molecule has 2 amide bonds. The van der Waals surface area contributed by atoms with Gasteiger partial charge in [-0.1, -0.05) is 25.1 Å². The van der Waals surface area contributed by atoms with Crippen LogP contribution in [0.1, 0.15) is 40.2 Å². The van der Waals surface area contributed by atoms with E-state index < -0.39 is 64.0 Å². The van der Waals surface area contributed by atoms with Crippen molar-refractivity contribution in [1.29, 1.82) is 0 Å². The van der Waals surface area contributed by atoms with E-state index in [4.69, 9.17) is 11.6 Å². The van der Waals surface area contributed by atoms with E-state index in [0.29, 0.717) is 16.6 Å². The van der Waals surface area contributed by atoms with E-state index in [2.05, 4.69) is 31.9 Å². The van der Waals surface area contributed by atoms with Gasteiger partial charge in [-0.2, -0.15) is 35.8 Å². The Labute approximate surface area is 277 Å². The molecule has 1 aromatic carbocycles. The second kappa shape index (κ2) is 13.0. The summed E-state index contributed by atoms with van der Waals surface area (Å²) in [6.45, 7) is 5.64. The number of nitrogens with zero attached hydrogens (tertiary/aromatic N) is 8. The second-order valence-electron chi connectivity index (χ2n) is 10.8. The highest BCUT2D eigenvalue weighted by atomic mass is 35.5. The van der Waals surface area contributed by atoms with Crippen LogP contribution in [0.3, 0.4) is 0 Å². The van der Waals surface area contributed by atoms with E-state index >= 15 is 0 Å². The molecule has 0 atom stereocenters. The monoisotopic (exact) mass is 713 g/mol. The number of halogens is 7. The van der Waals surface area contributed by atoms with Gasteiger partial charge in [-0.05, 0) is 31.5 Å². The predicted octanol–water partition coefficient (Wildman–Crippen LogP) is 4.11. The minimum Gasteiger partial charge on any atom is -0.504 e. The van der Waals surface area contributed by atoms with E-state index in [-0.39, 0.29) is 66.8 Å². The average molecular weight is 714 g/mol. The Morgan fingerprint density at radius 1 is 1.08 bits per heavy atom. The van der Waals surface area contributed by atoms with Crippen molar-refractivity contribution in [3.8, 4) is 5.75 Å². The molecule has 1 aliphatic heterocycles. The highest BCUT2D eigenvalue weighted by Crippen LogP contribution is 2.34. The van der Waals surface area contributed by atoms with Crippen LogP contribution in [0, 0.1) is 6.92 Å². The van der Waals surface area contributed by atoms with Crippen molar-refractivity contribution < 1.29 is 41.0 Å². The van der Waals surface area contributed by atoms with Crippen molar-refractivity contribution in [1.82, 2.24) is 34.0 Å². The molecule has 49 heavy (non-hydrogen) atoms. The maximum atomic E-state index is 13.9. The van der Waals surface area contributed by atoms with E-state index in [9.17, 15) is 45.8 Å². The Morgan fingerprint density at radius 2 is 1.76 bits per heavy atom. The summed E-state index contributed by atoms with van der Waals surface area (Å²) in [5.74, 6) is -3.17. The topological polar surface area (TPSA) is 151 Å². The molecule has 1 saturated heterocycles. The molecule has 3 aromatic heterocycles. The number of rotatable bonds is 7. The normalized spacial score (nSPS) is 14.0. The Bertz CT molecular complexity index is 2040. The zero-order valence-corrected chi connectivity index (χ0v) is 26.4. The number of alkyl halides is 6.